The molecule has 0 spiro atoms. The van der Waals surface area contributed by atoms with Crippen LogP contribution in [-0.2, 0) is 17.8 Å². The highest BCUT2D eigenvalue weighted by atomic mass is 16.2. The summed E-state index contributed by atoms with van der Waals surface area (Å²) < 4.78 is 0. The minimum atomic E-state index is 0.193. The van der Waals surface area contributed by atoms with Crippen molar-refractivity contribution in [3.05, 3.63) is 71.3 Å². The van der Waals surface area contributed by atoms with E-state index in [0.29, 0.717) is 6.54 Å². The molecule has 0 saturated carbocycles. The van der Waals surface area contributed by atoms with E-state index in [0.717, 1.165) is 45.6 Å². The number of hydrogen-bond acceptors (Lipinski definition) is 1. The molecule has 2 aromatic rings. The van der Waals surface area contributed by atoms with Crippen molar-refractivity contribution >= 4 is 5.91 Å². The third-order valence-electron chi connectivity index (χ3n) is 5.89. The van der Waals surface area contributed by atoms with Crippen molar-refractivity contribution in [2.24, 2.45) is 0 Å². The maximum Gasteiger partial charge on any atom is 0.275 e. The zero-order valence-corrected chi connectivity index (χ0v) is 17.3. The maximum atomic E-state index is 12.4. The second-order valence-corrected chi connectivity index (χ2v) is 8.27. The largest absolute Gasteiger partial charge is 0.349 e. The van der Waals surface area contributed by atoms with Gasteiger partial charge in [-0.15, -0.1) is 0 Å². The Morgan fingerprint density at radius 2 is 1.61 bits per heavy atom. The fraction of sp³-hybridized carbons (Fsp3) is 0.458. The van der Waals surface area contributed by atoms with E-state index in [4.69, 9.17) is 0 Å². The van der Waals surface area contributed by atoms with Crippen LogP contribution in [0.1, 0.15) is 30.0 Å². The SMILES string of the molecule is Cc1ccccc1C[NH+]1CC[NH+](CC(=O)N[C@@H](C)CCc2ccccc2)CC1. The molecule has 0 aliphatic carbocycles. The number of piperazine rings is 1. The lowest BCUT2D eigenvalue weighted by atomic mass is 10.1. The van der Waals surface area contributed by atoms with Crippen LogP contribution < -0.4 is 15.1 Å². The summed E-state index contributed by atoms with van der Waals surface area (Å²) in [7, 11) is 0. The summed E-state index contributed by atoms with van der Waals surface area (Å²) in [6.45, 7) is 10.4. The Morgan fingerprint density at radius 1 is 0.964 bits per heavy atom. The van der Waals surface area contributed by atoms with Gasteiger partial charge < -0.3 is 15.1 Å². The summed E-state index contributed by atoms with van der Waals surface area (Å²) in [5.74, 6) is 0.193. The third kappa shape index (κ3) is 6.47. The van der Waals surface area contributed by atoms with Gasteiger partial charge in [-0.1, -0.05) is 54.6 Å². The number of amides is 1. The van der Waals surface area contributed by atoms with Crippen LogP contribution in [0.3, 0.4) is 0 Å². The van der Waals surface area contributed by atoms with Crippen LogP contribution in [0.2, 0.25) is 0 Å². The summed E-state index contributed by atoms with van der Waals surface area (Å²) >= 11 is 0. The van der Waals surface area contributed by atoms with Gasteiger partial charge in [-0.05, 0) is 37.8 Å². The number of rotatable bonds is 8. The molecule has 0 unspecified atom stereocenters. The Kier molecular flexibility index (Phi) is 7.63. The lowest BCUT2D eigenvalue weighted by Crippen LogP contribution is -3.28. The molecule has 1 aliphatic heterocycles. The summed E-state index contributed by atoms with van der Waals surface area (Å²) in [5, 5.41) is 3.19. The van der Waals surface area contributed by atoms with E-state index < -0.39 is 0 Å². The van der Waals surface area contributed by atoms with Crippen LogP contribution in [0, 0.1) is 6.92 Å². The van der Waals surface area contributed by atoms with Crippen LogP contribution >= 0.6 is 0 Å². The van der Waals surface area contributed by atoms with Crippen LogP contribution in [0.4, 0.5) is 0 Å². The lowest BCUT2D eigenvalue weighted by Gasteiger charge is -2.30. The van der Waals surface area contributed by atoms with E-state index in [-0.39, 0.29) is 11.9 Å². The molecule has 1 heterocycles. The number of hydrogen-bond donors (Lipinski definition) is 3. The molecule has 1 fully saturated rings. The fourth-order valence-electron chi connectivity index (χ4n) is 4.04. The average molecular weight is 382 g/mol. The number of nitrogens with one attached hydrogen (secondary N) is 3. The third-order valence-corrected chi connectivity index (χ3v) is 5.89. The second kappa shape index (κ2) is 10.4. The second-order valence-electron chi connectivity index (χ2n) is 8.27. The molecule has 0 aromatic heterocycles. The Hall–Kier alpha value is -2.17. The molecule has 1 atom stereocenters. The van der Waals surface area contributed by atoms with Gasteiger partial charge in [-0.2, -0.15) is 0 Å². The molecule has 2 aromatic carbocycles. The zero-order chi connectivity index (χ0) is 19.8. The topological polar surface area (TPSA) is 38.0 Å². The number of aryl methyl sites for hydroxylation is 2. The van der Waals surface area contributed by atoms with Crippen molar-refractivity contribution in [2.75, 3.05) is 32.7 Å². The summed E-state index contributed by atoms with van der Waals surface area (Å²) in [6, 6.07) is 19.4. The predicted molar refractivity (Wildman–Crippen MR) is 114 cm³/mol. The number of benzene rings is 2. The summed E-state index contributed by atoms with van der Waals surface area (Å²) in [4.78, 5) is 15.5. The Bertz CT molecular complexity index is 739. The van der Waals surface area contributed by atoms with Crippen molar-refractivity contribution in [1.82, 2.24) is 5.32 Å². The van der Waals surface area contributed by atoms with Gasteiger partial charge in [0.15, 0.2) is 6.54 Å². The molecule has 150 valence electrons. The minimum absolute atomic E-state index is 0.193. The van der Waals surface area contributed by atoms with Crippen LogP contribution in [0.15, 0.2) is 54.6 Å². The van der Waals surface area contributed by atoms with Crippen LogP contribution in [0.25, 0.3) is 0 Å². The number of carbonyl (C=O) groups is 1. The van der Waals surface area contributed by atoms with E-state index >= 15 is 0 Å². The molecule has 4 nitrogen and oxygen atoms in total. The normalized spacial score (nSPS) is 20.5. The number of carbonyl (C=O) groups excluding carboxylic acids is 1. The molecule has 1 saturated heterocycles. The van der Waals surface area contributed by atoms with Gasteiger partial charge in [0, 0.05) is 11.6 Å². The van der Waals surface area contributed by atoms with E-state index in [1.54, 1.807) is 4.90 Å². The highest BCUT2D eigenvalue weighted by Crippen LogP contribution is 2.05. The Morgan fingerprint density at radius 3 is 2.32 bits per heavy atom. The minimum Gasteiger partial charge on any atom is -0.349 e. The van der Waals surface area contributed by atoms with Crippen molar-refractivity contribution < 1.29 is 14.6 Å². The standard InChI is InChI=1S/C24H33N3O/c1-20-8-6-7-11-23(20)18-26-14-16-27(17-15-26)19-24(28)25-21(2)12-13-22-9-4-3-5-10-22/h3-11,21H,12-19H2,1-2H3,(H,25,28)/p+2/t21-/m0/s1. The monoisotopic (exact) mass is 381 g/mol. The molecule has 1 amide bonds. The van der Waals surface area contributed by atoms with Crippen LogP contribution in [0.5, 0.6) is 0 Å². The van der Waals surface area contributed by atoms with Gasteiger partial charge in [0.05, 0.1) is 0 Å². The Balaban J connectivity index is 1.35. The van der Waals surface area contributed by atoms with Gasteiger partial charge in [0.1, 0.15) is 32.7 Å². The average Bonchev–Trinajstić information content (AvgIpc) is 2.70. The van der Waals surface area contributed by atoms with Gasteiger partial charge in [0.25, 0.3) is 5.91 Å². The van der Waals surface area contributed by atoms with Gasteiger partial charge >= 0.3 is 0 Å². The molecule has 28 heavy (non-hydrogen) atoms. The first kappa shape index (κ1) is 20.6. The molecule has 3 N–H and O–H groups in total. The van der Waals surface area contributed by atoms with Gasteiger partial charge in [0.2, 0.25) is 0 Å². The number of quaternary nitrogens is 2. The molecule has 4 heteroatoms. The molecule has 3 rings (SSSR count). The lowest BCUT2D eigenvalue weighted by molar-refractivity contribution is -1.02. The van der Waals surface area contributed by atoms with E-state index in [2.05, 4.69) is 67.7 Å². The first-order chi connectivity index (χ1) is 13.6. The molecule has 1 aliphatic rings. The van der Waals surface area contributed by atoms with E-state index in [9.17, 15) is 4.79 Å². The van der Waals surface area contributed by atoms with Crippen molar-refractivity contribution in [3.8, 4) is 0 Å². The van der Waals surface area contributed by atoms with Crippen molar-refractivity contribution in [1.29, 1.82) is 0 Å². The predicted octanol–water partition coefficient (Wildman–Crippen LogP) is 0.416. The van der Waals surface area contributed by atoms with E-state index in [1.807, 2.05) is 6.07 Å². The molecule has 0 radical (unpaired) electrons. The zero-order valence-electron chi connectivity index (χ0n) is 17.3. The van der Waals surface area contributed by atoms with Gasteiger partial charge in [-0.3, -0.25) is 4.79 Å². The smallest absolute Gasteiger partial charge is 0.275 e. The van der Waals surface area contributed by atoms with Crippen molar-refractivity contribution in [3.63, 3.8) is 0 Å². The Labute approximate surface area is 169 Å². The van der Waals surface area contributed by atoms with Gasteiger partial charge in [-0.25, -0.2) is 0 Å². The van der Waals surface area contributed by atoms with E-state index in [1.165, 1.54) is 21.6 Å². The van der Waals surface area contributed by atoms with Crippen molar-refractivity contribution in [2.45, 2.75) is 39.3 Å². The highest BCUT2D eigenvalue weighted by Gasteiger charge is 2.25. The quantitative estimate of drug-likeness (QED) is 0.609. The highest BCUT2D eigenvalue weighted by molar-refractivity contribution is 5.77. The molecular weight excluding hydrogens is 346 g/mol. The first-order valence-electron chi connectivity index (χ1n) is 10.6. The first-order valence-corrected chi connectivity index (χ1v) is 10.6. The summed E-state index contributed by atoms with van der Waals surface area (Å²) in [6.07, 6.45) is 2.00. The van der Waals surface area contributed by atoms with Crippen LogP contribution in [-0.4, -0.2) is 44.7 Å². The fourth-order valence-corrected chi connectivity index (χ4v) is 4.04. The molecule has 0 bridgehead atoms. The maximum absolute atomic E-state index is 12.4. The summed E-state index contributed by atoms with van der Waals surface area (Å²) in [5.41, 5.74) is 4.17. The molecular formula is C24H35N3O+2.